The van der Waals surface area contributed by atoms with Crippen molar-refractivity contribution in [2.45, 2.75) is 37.6 Å². The van der Waals surface area contributed by atoms with Crippen LogP contribution in [0.1, 0.15) is 36.6 Å². The third kappa shape index (κ3) is 5.32. The Morgan fingerprint density at radius 1 is 0.918 bits per heavy atom. The molecule has 6 rings (SSSR count). The zero-order chi connectivity index (χ0) is 34.9. The topological polar surface area (TPSA) is 141 Å². The fourth-order valence-electron chi connectivity index (χ4n) is 6.69. The van der Waals surface area contributed by atoms with Gasteiger partial charge in [-0.1, -0.05) is 42.5 Å². The number of ether oxygens (including phenoxy) is 3. The first-order valence-electron chi connectivity index (χ1n) is 15.6. The molecule has 2 aliphatic heterocycles. The van der Waals surface area contributed by atoms with Gasteiger partial charge in [-0.2, -0.15) is 0 Å². The van der Waals surface area contributed by atoms with Crippen LogP contribution in [0.25, 0.3) is 0 Å². The second-order valence-corrected chi connectivity index (χ2v) is 11.4. The van der Waals surface area contributed by atoms with Crippen LogP contribution in [0.2, 0.25) is 0 Å². The quantitative estimate of drug-likeness (QED) is 0.104. The zero-order valence-corrected chi connectivity index (χ0v) is 26.9. The third-order valence-corrected chi connectivity index (χ3v) is 8.75. The molecule has 0 aliphatic carbocycles. The number of nitro benzene ring substituents is 1. The first-order valence-corrected chi connectivity index (χ1v) is 15.6. The number of anilines is 2. The Balaban J connectivity index is 1.70. The Labute approximate surface area is 281 Å². The number of benzene rings is 4. The standard InChI is InChI=1S/C36H33FN4O8/c1-4-48-33(43)35(34(44)49-5-2)31(24-11-14-27(15-12-24)41(45)46)40(26-16-18-28(47-3)19-17-26)36(38-35)29-21-25(37)13-20-30(29)39(32(36)42)22-23-9-7-6-8-10-23/h6-21,31,38H,4-5,22H2,1-3H3/t31-,36-/m0/s1. The van der Waals surface area contributed by atoms with Gasteiger partial charge in [-0.3, -0.25) is 20.2 Å². The molecule has 0 unspecified atom stereocenters. The maximum Gasteiger partial charge on any atom is 0.340 e. The third-order valence-electron chi connectivity index (χ3n) is 8.75. The summed E-state index contributed by atoms with van der Waals surface area (Å²) in [6, 6.07) is 23.5. The molecule has 0 saturated carbocycles. The van der Waals surface area contributed by atoms with E-state index in [9.17, 15) is 19.7 Å². The molecule has 49 heavy (non-hydrogen) atoms. The van der Waals surface area contributed by atoms with E-state index in [1.807, 2.05) is 30.3 Å². The molecule has 0 radical (unpaired) electrons. The molecule has 1 amide bonds. The predicted octanol–water partition coefficient (Wildman–Crippen LogP) is 5.16. The molecule has 252 valence electrons. The average molecular weight is 669 g/mol. The fourth-order valence-corrected chi connectivity index (χ4v) is 6.69. The molecular formula is C36H33FN4O8. The summed E-state index contributed by atoms with van der Waals surface area (Å²) in [7, 11) is 1.49. The predicted molar refractivity (Wildman–Crippen MR) is 176 cm³/mol. The van der Waals surface area contributed by atoms with Gasteiger partial charge >= 0.3 is 11.9 Å². The number of non-ortho nitro benzene ring substituents is 1. The van der Waals surface area contributed by atoms with Crippen molar-refractivity contribution in [2.75, 3.05) is 30.1 Å². The minimum atomic E-state index is -2.44. The van der Waals surface area contributed by atoms with Crippen molar-refractivity contribution < 1.29 is 37.9 Å². The molecule has 13 heteroatoms. The van der Waals surface area contributed by atoms with Crippen LogP contribution in [-0.4, -0.2) is 48.6 Å². The van der Waals surface area contributed by atoms with Crippen molar-refractivity contribution in [3.8, 4) is 5.75 Å². The first-order chi connectivity index (χ1) is 23.6. The average Bonchev–Trinajstić information content (AvgIpc) is 3.55. The van der Waals surface area contributed by atoms with Crippen molar-refractivity contribution in [1.29, 1.82) is 0 Å². The highest BCUT2D eigenvalue weighted by atomic mass is 19.1. The molecule has 2 aliphatic rings. The maximum atomic E-state index is 15.4. The van der Waals surface area contributed by atoms with Gasteiger partial charge in [0, 0.05) is 23.4 Å². The summed E-state index contributed by atoms with van der Waals surface area (Å²) in [5.74, 6) is -2.91. The summed E-state index contributed by atoms with van der Waals surface area (Å²) in [4.78, 5) is 58.1. The number of halogens is 1. The molecule has 0 aromatic heterocycles. The Morgan fingerprint density at radius 2 is 1.55 bits per heavy atom. The number of methoxy groups -OCH3 is 1. The summed E-state index contributed by atoms with van der Waals surface area (Å²) in [5, 5.41) is 14.7. The number of nitrogens with zero attached hydrogens (tertiary/aromatic N) is 3. The van der Waals surface area contributed by atoms with Gasteiger partial charge in [0.25, 0.3) is 11.6 Å². The molecule has 1 saturated heterocycles. The minimum Gasteiger partial charge on any atom is -0.497 e. The Bertz CT molecular complexity index is 1890. The minimum absolute atomic E-state index is 0.0756. The first kappa shape index (κ1) is 33.1. The van der Waals surface area contributed by atoms with Crippen LogP contribution >= 0.6 is 0 Å². The number of fused-ring (bicyclic) bond motifs is 2. The van der Waals surface area contributed by atoms with Crippen molar-refractivity contribution in [3.05, 3.63) is 130 Å². The molecule has 4 aromatic carbocycles. The van der Waals surface area contributed by atoms with Crippen LogP contribution in [0, 0.1) is 15.9 Å². The Morgan fingerprint density at radius 3 is 2.12 bits per heavy atom. The molecule has 1 spiro atoms. The van der Waals surface area contributed by atoms with Crippen LogP contribution in [0.4, 0.5) is 21.5 Å². The zero-order valence-electron chi connectivity index (χ0n) is 26.9. The lowest BCUT2D eigenvalue weighted by molar-refractivity contribution is -0.384. The van der Waals surface area contributed by atoms with Crippen molar-refractivity contribution >= 4 is 34.9 Å². The largest absolute Gasteiger partial charge is 0.497 e. The van der Waals surface area contributed by atoms with E-state index in [0.29, 0.717) is 17.1 Å². The van der Waals surface area contributed by atoms with Crippen molar-refractivity contribution in [1.82, 2.24) is 5.32 Å². The van der Waals surface area contributed by atoms with Crippen LogP contribution in [0.15, 0.2) is 97.1 Å². The number of amides is 1. The molecule has 2 atom stereocenters. The van der Waals surface area contributed by atoms with E-state index >= 15 is 9.18 Å². The molecular weight excluding hydrogens is 635 g/mol. The number of hydrogen-bond donors (Lipinski definition) is 1. The lowest BCUT2D eigenvalue weighted by Gasteiger charge is -2.39. The number of esters is 2. The van der Waals surface area contributed by atoms with E-state index in [-0.39, 0.29) is 36.6 Å². The number of carbonyl (C=O) groups excluding carboxylic acids is 3. The maximum absolute atomic E-state index is 15.4. The van der Waals surface area contributed by atoms with Crippen molar-refractivity contribution in [3.63, 3.8) is 0 Å². The van der Waals surface area contributed by atoms with E-state index in [1.54, 1.807) is 38.1 Å². The highest BCUT2D eigenvalue weighted by Crippen LogP contribution is 2.57. The number of nitro groups is 1. The Hall–Kier alpha value is -5.82. The molecule has 0 bridgehead atoms. The monoisotopic (exact) mass is 668 g/mol. The van der Waals surface area contributed by atoms with E-state index in [0.717, 1.165) is 5.56 Å². The number of rotatable bonds is 10. The van der Waals surface area contributed by atoms with Gasteiger partial charge in [0.05, 0.1) is 43.5 Å². The van der Waals surface area contributed by atoms with Gasteiger partial charge in [0.1, 0.15) is 11.6 Å². The summed E-state index contributed by atoms with van der Waals surface area (Å²) in [5.41, 5.74) is -2.98. The van der Waals surface area contributed by atoms with Gasteiger partial charge in [-0.25, -0.2) is 14.0 Å². The summed E-state index contributed by atoms with van der Waals surface area (Å²) in [6.45, 7) is 2.94. The second kappa shape index (κ2) is 13.0. The summed E-state index contributed by atoms with van der Waals surface area (Å²) in [6.07, 6.45) is 0. The van der Waals surface area contributed by atoms with Crippen LogP contribution < -0.4 is 19.9 Å². The van der Waals surface area contributed by atoms with E-state index in [2.05, 4.69) is 5.32 Å². The molecule has 2 heterocycles. The molecule has 12 nitrogen and oxygen atoms in total. The Kier molecular flexibility index (Phi) is 8.78. The van der Waals surface area contributed by atoms with E-state index in [4.69, 9.17) is 14.2 Å². The van der Waals surface area contributed by atoms with Gasteiger partial charge in [0.15, 0.2) is 0 Å². The van der Waals surface area contributed by atoms with E-state index in [1.165, 1.54) is 59.4 Å². The lowest BCUT2D eigenvalue weighted by Crippen LogP contribution is -2.64. The van der Waals surface area contributed by atoms with Gasteiger partial charge < -0.3 is 24.0 Å². The summed E-state index contributed by atoms with van der Waals surface area (Å²) < 4.78 is 31.8. The number of carbonyl (C=O) groups is 3. The molecule has 1 N–H and O–H groups in total. The smallest absolute Gasteiger partial charge is 0.340 e. The molecule has 1 fully saturated rings. The number of hydrogen-bond acceptors (Lipinski definition) is 10. The normalized spacial score (nSPS) is 19.1. The van der Waals surface area contributed by atoms with Crippen LogP contribution in [-0.2, 0) is 36.1 Å². The van der Waals surface area contributed by atoms with Crippen molar-refractivity contribution in [2.24, 2.45) is 0 Å². The fraction of sp³-hybridized carbons (Fsp3) is 0.250. The number of nitrogens with one attached hydrogen (secondary N) is 1. The van der Waals surface area contributed by atoms with Gasteiger partial charge in [0.2, 0.25) is 11.2 Å². The van der Waals surface area contributed by atoms with E-state index < -0.39 is 45.8 Å². The van der Waals surface area contributed by atoms with Gasteiger partial charge in [-0.05, 0) is 67.4 Å². The summed E-state index contributed by atoms with van der Waals surface area (Å²) >= 11 is 0. The highest BCUT2D eigenvalue weighted by Gasteiger charge is 2.74. The highest BCUT2D eigenvalue weighted by molar-refractivity contribution is 6.15. The second-order valence-electron chi connectivity index (χ2n) is 11.4. The van der Waals surface area contributed by atoms with Crippen LogP contribution in [0.5, 0.6) is 5.75 Å². The van der Waals surface area contributed by atoms with Crippen LogP contribution in [0.3, 0.4) is 0 Å². The molecule has 4 aromatic rings. The lowest BCUT2D eigenvalue weighted by atomic mass is 9.85. The SMILES string of the molecule is CCOC(=O)C1(C(=O)OCC)N[C@]2(C(=O)N(Cc3ccccc3)c3ccc(F)cc32)N(c2ccc(OC)cc2)[C@H]1c1ccc([N+](=O)[O-])cc1. The van der Waals surface area contributed by atoms with Gasteiger partial charge in [-0.15, -0.1) is 0 Å².